The molecule has 0 saturated carbocycles. The number of aromatic nitrogens is 4. The molecule has 0 radical (unpaired) electrons. The molecule has 0 spiro atoms. The van der Waals surface area contributed by atoms with Gasteiger partial charge in [0.25, 0.3) is 0 Å². The van der Waals surface area contributed by atoms with Crippen molar-refractivity contribution in [2.24, 2.45) is 5.41 Å². The Morgan fingerprint density at radius 3 is 2.38 bits per heavy atom. The van der Waals surface area contributed by atoms with E-state index in [4.69, 9.17) is 19.6 Å². The van der Waals surface area contributed by atoms with E-state index in [0.717, 1.165) is 62.6 Å². The van der Waals surface area contributed by atoms with E-state index in [1.165, 1.54) is 30.2 Å². The van der Waals surface area contributed by atoms with Crippen LogP contribution in [0.4, 0.5) is 0 Å². The topological polar surface area (TPSA) is 54.1 Å². The van der Waals surface area contributed by atoms with E-state index in [2.05, 4.69) is 92.9 Å². The first-order valence-electron chi connectivity index (χ1n) is 17.0. The number of methoxy groups -OCH3 is 1. The summed E-state index contributed by atoms with van der Waals surface area (Å²) in [4.78, 5) is 4.74. The molecule has 0 saturated heterocycles. The summed E-state index contributed by atoms with van der Waals surface area (Å²) in [6, 6.07) is 38.0. The van der Waals surface area contributed by atoms with Crippen molar-refractivity contribution < 1.29 is 30.5 Å². The third-order valence-corrected chi connectivity index (χ3v) is 9.09. The molecule has 0 amide bonds. The molecular formula is C43H42N4O2Pt. The zero-order valence-corrected chi connectivity index (χ0v) is 31.8. The minimum atomic E-state index is 0. The van der Waals surface area contributed by atoms with Crippen molar-refractivity contribution in [2.45, 2.75) is 60.3 Å². The summed E-state index contributed by atoms with van der Waals surface area (Å²) in [5.74, 6) is 2.68. The van der Waals surface area contributed by atoms with Crippen LogP contribution in [0.1, 0.15) is 57.0 Å². The SMILES string of the molecule is COc1ccnc(-n2c3[c-]c(Oc4[c-]c(-n5nc(C)c(-c6ccccc6)c5C)ccc4)ccc3c3cc(CCCCC(C)(C)C)ccc32)c1.[Pt+2]. The van der Waals surface area contributed by atoms with Crippen LogP contribution in [0.2, 0.25) is 0 Å². The van der Waals surface area contributed by atoms with Crippen LogP contribution in [0.15, 0.2) is 97.2 Å². The number of rotatable bonds is 10. The first kappa shape index (κ1) is 35.2. The minimum Gasteiger partial charge on any atom is -0.509 e. The predicted molar refractivity (Wildman–Crippen MR) is 198 cm³/mol. The van der Waals surface area contributed by atoms with E-state index in [1.807, 2.05) is 54.1 Å². The Morgan fingerprint density at radius 1 is 0.800 bits per heavy atom. The van der Waals surface area contributed by atoms with Gasteiger partial charge in [0.15, 0.2) is 0 Å². The van der Waals surface area contributed by atoms with Crippen LogP contribution < -0.4 is 9.47 Å². The minimum absolute atomic E-state index is 0. The van der Waals surface area contributed by atoms with Crippen molar-refractivity contribution >= 4 is 21.8 Å². The number of aryl methyl sites for hydroxylation is 2. The molecule has 3 heterocycles. The maximum Gasteiger partial charge on any atom is 2.00 e. The van der Waals surface area contributed by atoms with Crippen molar-refractivity contribution in [3.63, 3.8) is 0 Å². The number of hydrogen-bond acceptors (Lipinski definition) is 4. The van der Waals surface area contributed by atoms with Crippen molar-refractivity contribution in [2.75, 3.05) is 7.11 Å². The number of unbranched alkanes of at least 4 members (excludes halogenated alkanes) is 1. The average Bonchev–Trinajstić information content (AvgIpc) is 3.58. The number of nitrogens with zero attached hydrogens (tertiary/aromatic N) is 4. The second-order valence-electron chi connectivity index (χ2n) is 13.9. The molecule has 256 valence electrons. The molecule has 0 bridgehead atoms. The Labute approximate surface area is 309 Å². The van der Waals surface area contributed by atoms with Crippen LogP contribution in [-0.2, 0) is 27.5 Å². The second-order valence-corrected chi connectivity index (χ2v) is 13.9. The molecule has 0 aliphatic carbocycles. The number of hydrogen-bond donors (Lipinski definition) is 0. The van der Waals surface area contributed by atoms with Gasteiger partial charge in [-0.3, -0.25) is 4.68 Å². The number of ether oxygens (including phenoxy) is 2. The molecule has 50 heavy (non-hydrogen) atoms. The normalized spacial score (nSPS) is 11.6. The van der Waals surface area contributed by atoms with Crippen LogP contribution in [0, 0.1) is 31.4 Å². The Balaban J connectivity index is 0.00000432. The average molecular weight is 842 g/mol. The Bertz CT molecular complexity index is 2260. The van der Waals surface area contributed by atoms with Gasteiger partial charge in [0.05, 0.1) is 12.8 Å². The fourth-order valence-electron chi connectivity index (χ4n) is 6.70. The fourth-order valence-corrected chi connectivity index (χ4v) is 6.70. The van der Waals surface area contributed by atoms with Crippen molar-refractivity contribution in [1.82, 2.24) is 19.3 Å². The Kier molecular flexibility index (Phi) is 10.3. The van der Waals surface area contributed by atoms with E-state index in [9.17, 15) is 0 Å². The molecule has 7 aromatic rings. The van der Waals surface area contributed by atoms with E-state index in [-0.39, 0.29) is 21.1 Å². The fraction of sp³-hybridized carbons (Fsp3) is 0.256. The van der Waals surface area contributed by atoms with E-state index in [0.29, 0.717) is 16.9 Å². The number of fused-ring (bicyclic) bond motifs is 3. The van der Waals surface area contributed by atoms with Gasteiger partial charge in [0.1, 0.15) is 11.6 Å². The van der Waals surface area contributed by atoms with E-state index >= 15 is 0 Å². The van der Waals surface area contributed by atoms with Crippen LogP contribution in [-0.4, -0.2) is 26.4 Å². The molecular weight excluding hydrogens is 800 g/mol. The van der Waals surface area contributed by atoms with Gasteiger partial charge in [-0.1, -0.05) is 75.2 Å². The molecule has 7 heteroatoms. The quantitative estimate of drug-likeness (QED) is 0.102. The van der Waals surface area contributed by atoms with Crippen molar-refractivity contribution in [3.8, 4) is 39.9 Å². The van der Waals surface area contributed by atoms with Gasteiger partial charge in [0.2, 0.25) is 0 Å². The first-order chi connectivity index (χ1) is 23.7. The summed E-state index contributed by atoms with van der Waals surface area (Å²) in [6.07, 6.45) is 6.44. The zero-order chi connectivity index (χ0) is 34.1. The molecule has 7 rings (SSSR count). The summed E-state index contributed by atoms with van der Waals surface area (Å²) in [5.41, 5.74) is 8.76. The molecule has 0 aliphatic rings. The number of benzene rings is 4. The van der Waals surface area contributed by atoms with Crippen LogP contribution >= 0.6 is 0 Å². The van der Waals surface area contributed by atoms with Crippen molar-refractivity contribution in [3.05, 3.63) is 126 Å². The molecule has 3 aromatic heterocycles. The molecule has 0 N–H and O–H groups in total. The maximum absolute atomic E-state index is 6.45. The van der Waals surface area contributed by atoms with Crippen LogP contribution in [0.25, 0.3) is 44.4 Å². The van der Waals surface area contributed by atoms with Gasteiger partial charge >= 0.3 is 21.1 Å². The van der Waals surface area contributed by atoms with Gasteiger partial charge in [0, 0.05) is 40.5 Å². The number of pyridine rings is 1. The summed E-state index contributed by atoms with van der Waals surface area (Å²) in [5, 5.41) is 7.14. The molecule has 4 aromatic carbocycles. The molecule has 6 nitrogen and oxygen atoms in total. The van der Waals surface area contributed by atoms with Crippen LogP contribution in [0.3, 0.4) is 0 Å². The van der Waals surface area contributed by atoms with Gasteiger partial charge < -0.3 is 14.0 Å². The standard InChI is InChI=1S/C43H42N4O2.Pt/c1-29-42(32-14-8-7-9-15-32)30(2)47(45-29)33-16-12-17-35(26-33)49-36-19-20-37-38-25-31(13-10-11-23-43(3,4)5)18-21-39(38)46(40(37)27-36)41-28-34(48-6)22-24-44-41;/h7-9,12,14-22,24-25,28H,10-11,13,23H2,1-6H3;/q-2;+2. The third kappa shape index (κ3) is 7.27. The zero-order valence-electron chi connectivity index (χ0n) is 29.5. The summed E-state index contributed by atoms with van der Waals surface area (Å²) < 4.78 is 16.1. The predicted octanol–water partition coefficient (Wildman–Crippen LogP) is 10.8. The van der Waals surface area contributed by atoms with Gasteiger partial charge in [-0.15, -0.1) is 35.7 Å². The first-order valence-corrected chi connectivity index (χ1v) is 17.0. The second kappa shape index (κ2) is 14.7. The van der Waals surface area contributed by atoms with Gasteiger partial charge in [-0.05, 0) is 72.9 Å². The van der Waals surface area contributed by atoms with Crippen LogP contribution in [0.5, 0.6) is 17.2 Å². The molecule has 0 aliphatic heterocycles. The summed E-state index contributed by atoms with van der Waals surface area (Å²) >= 11 is 0. The summed E-state index contributed by atoms with van der Waals surface area (Å²) in [7, 11) is 1.67. The third-order valence-electron chi connectivity index (χ3n) is 9.09. The smallest absolute Gasteiger partial charge is 0.509 e. The Morgan fingerprint density at radius 2 is 1.60 bits per heavy atom. The molecule has 0 unspecified atom stereocenters. The van der Waals surface area contributed by atoms with E-state index < -0.39 is 0 Å². The van der Waals surface area contributed by atoms with E-state index in [1.54, 1.807) is 13.3 Å². The Hall–Kier alpha value is -4.67. The summed E-state index contributed by atoms with van der Waals surface area (Å²) in [6.45, 7) is 11.1. The maximum atomic E-state index is 6.45. The van der Waals surface area contributed by atoms with Crippen molar-refractivity contribution in [1.29, 1.82) is 0 Å². The largest absolute Gasteiger partial charge is 2.00 e. The van der Waals surface area contributed by atoms with Gasteiger partial charge in [-0.2, -0.15) is 17.2 Å². The van der Waals surface area contributed by atoms with Gasteiger partial charge in [-0.25, -0.2) is 4.98 Å². The molecule has 0 fully saturated rings. The molecule has 0 atom stereocenters. The monoisotopic (exact) mass is 841 g/mol.